The Morgan fingerprint density at radius 3 is 2.61 bits per heavy atom. The van der Waals surface area contributed by atoms with Crippen LogP contribution in [0, 0.1) is 5.82 Å². The summed E-state index contributed by atoms with van der Waals surface area (Å²) in [7, 11) is -3.02. The molecule has 0 radical (unpaired) electrons. The van der Waals surface area contributed by atoms with Gasteiger partial charge in [0.15, 0.2) is 0 Å². The quantitative estimate of drug-likeness (QED) is 0.477. The minimum Gasteiger partial charge on any atom is -0.329 e. The Morgan fingerprint density at radius 2 is 1.96 bits per heavy atom. The molecule has 11 heteroatoms. The van der Waals surface area contributed by atoms with Crippen LogP contribution in [-0.4, -0.2) is 20.6 Å². The van der Waals surface area contributed by atoms with Gasteiger partial charge in [0.25, 0.3) is 0 Å². The van der Waals surface area contributed by atoms with Gasteiger partial charge in [-0.05, 0) is 29.8 Å². The highest BCUT2D eigenvalue weighted by atomic mass is 79.9. The predicted octanol–water partition coefficient (Wildman–Crippen LogP) is 5.31. The van der Waals surface area contributed by atoms with E-state index in [0.717, 1.165) is 0 Å². The molecule has 0 fully saturated rings. The molecule has 5 nitrogen and oxygen atoms in total. The zero-order chi connectivity index (χ0) is 20.5. The van der Waals surface area contributed by atoms with Crippen LogP contribution in [-0.2, 0) is 22.5 Å². The molecule has 1 atom stereocenters. The standard InChI is InChI=1S/C17H12BrF4N3O2S/c1-28(26,14-6-5-12(18)8-13(14)19)23-9-10-3-2-4-11(7-10)15-24-16(27-25-15)17(20,21)22/h2-8H,9H2,1H3. The Labute approximate surface area is 166 Å². The van der Waals surface area contributed by atoms with Gasteiger partial charge in [-0.1, -0.05) is 39.3 Å². The zero-order valence-electron chi connectivity index (χ0n) is 14.2. The number of benzene rings is 2. The molecule has 1 aromatic heterocycles. The summed E-state index contributed by atoms with van der Waals surface area (Å²) in [5, 5.41) is 3.32. The van der Waals surface area contributed by atoms with Crippen molar-refractivity contribution in [3.63, 3.8) is 0 Å². The fourth-order valence-electron chi connectivity index (χ4n) is 2.31. The highest BCUT2D eigenvalue weighted by Crippen LogP contribution is 2.29. The van der Waals surface area contributed by atoms with Crippen LogP contribution in [0.1, 0.15) is 11.5 Å². The molecule has 0 aliphatic rings. The fraction of sp³-hybridized carbons (Fsp3) is 0.176. The van der Waals surface area contributed by atoms with Crippen molar-refractivity contribution in [3.05, 3.63) is 64.2 Å². The summed E-state index contributed by atoms with van der Waals surface area (Å²) in [4.78, 5) is 3.30. The average molecular weight is 478 g/mol. The second-order valence-electron chi connectivity index (χ2n) is 5.79. The summed E-state index contributed by atoms with van der Waals surface area (Å²) in [6.07, 6.45) is -3.42. The molecule has 0 N–H and O–H groups in total. The van der Waals surface area contributed by atoms with E-state index in [1.165, 1.54) is 30.5 Å². The van der Waals surface area contributed by atoms with E-state index < -0.39 is 27.6 Å². The summed E-state index contributed by atoms with van der Waals surface area (Å²) < 4.78 is 73.4. The van der Waals surface area contributed by atoms with Gasteiger partial charge in [0, 0.05) is 16.3 Å². The predicted molar refractivity (Wildman–Crippen MR) is 97.3 cm³/mol. The van der Waals surface area contributed by atoms with Crippen molar-refractivity contribution in [2.45, 2.75) is 17.6 Å². The van der Waals surface area contributed by atoms with Crippen molar-refractivity contribution in [2.24, 2.45) is 4.36 Å². The van der Waals surface area contributed by atoms with Crippen LogP contribution in [0.15, 0.2) is 60.7 Å². The first-order valence-corrected chi connectivity index (χ1v) is 10.4. The zero-order valence-corrected chi connectivity index (χ0v) is 16.6. The van der Waals surface area contributed by atoms with Gasteiger partial charge in [-0.25, -0.2) is 13.0 Å². The molecule has 0 aliphatic carbocycles. The average Bonchev–Trinajstić information content (AvgIpc) is 3.10. The molecule has 1 heterocycles. The van der Waals surface area contributed by atoms with Crippen LogP contribution in [0.5, 0.6) is 0 Å². The van der Waals surface area contributed by atoms with E-state index in [9.17, 15) is 21.8 Å². The number of halogens is 5. The van der Waals surface area contributed by atoms with Crippen LogP contribution in [0.25, 0.3) is 11.4 Å². The van der Waals surface area contributed by atoms with Crippen LogP contribution in [0.4, 0.5) is 17.6 Å². The lowest BCUT2D eigenvalue weighted by Crippen LogP contribution is -2.04. The fourth-order valence-corrected chi connectivity index (χ4v) is 3.92. The van der Waals surface area contributed by atoms with E-state index in [1.807, 2.05) is 0 Å². The van der Waals surface area contributed by atoms with Crippen molar-refractivity contribution in [3.8, 4) is 11.4 Å². The molecule has 3 rings (SSSR count). The molecule has 0 amide bonds. The molecular formula is C17H12BrF4N3O2S. The van der Waals surface area contributed by atoms with Crippen LogP contribution < -0.4 is 0 Å². The first-order valence-electron chi connectivity index (χ1n) is 7.69. The van der Waals surface area contributed by atoms with Crippen molar-refractivity contribution in [1.29, 1.82) is 0 Å². The first-order chi connectivity index (χ1) is 13.1. The van der Waals surface area contributed by atoms with E-state index >= 15 is 0 Å². The van der Waals surface area contributed by atoms with E-state index in [4.69, 9.17) is 0 Å². The third kappa shape index (κ3) is 4.58. The Kier molecular flexibility index (Phi) is 5.57. The SMILES string of the molecule is CS(=O)(=NCc1cccc(-c2noc(C(F)(F)F)n2)c1)c1ccc(Br)cc1F. The molecule has 3 aromatic rings. The van der Waals surface area contributed by atoms with Crippen LogP contribution in [0.2, 0.25) is 0 Å². The lowest BCUT2D eigenvalue weighted by atomic mass is 10.1. The summed E-state index contributed by atoms with van der Waals surface area (Å²) in [6.45, 7) is -0.0390. The maximum absolute atomic E-state index is 14.1. The van der Waals surface area contributed by atoms with E-state index in [0.29, 0.717) is 10.0 Å². The summed E-state index contributed by atoms with van der Waals surface area (Å²) >= 11 is 3.13. The van der Waals surface area contributed by atoms with E-state index in [2.05, 4.69) is 35.0 Å². The van der Waals surface area contributed by atoms with E-state index in [-0.39, 0.29) is 22.8 Å². The molecule has 0 bridgehead atoms. The molecular weight excluding hydrogens is 466 g/mol. The van der Waals surface area contributed by atoms with Crippen molar-refractivity contribution in [1.82, 2.24) is 10.1 Å². The maximum Gasteiger partial charge on any atom is 0.471 e. The number of aromatic nitrogens is 2. The van der Waals surface area contributed by atoms with Gasteiger partial charge in [0.1, 0.15) is 5.82 Å². The topological polar surface area (TPSA) is 68.3 Å². The minimum atomic E-state index is -4.74. The molecule has 1 unspecified atom stereocenters. The van der Waals surface area contributed by atoms with Gasteiger partial charge in [0.2, 0.25) is 5.82 Å². The van der Waals surface area contributed by atoms with E-state index in [1.54, 1.807) is 18.2 Å². The van der Waals surface area contributed by atoms with Gasteiger partial charge in [-0.15, -0.1) is 0 Å². The summed E-state index contributed by atoms with van der Waals surface area (Å²) in [5.74, 6) is -2.32. The Balaban J connectivity index is 1.88. The van der Waals surface area contributed by atoms with Crippen molar-refractivity contribution in [2.75, 3.05) is 6.26 Å². The Hall–Kier alpha value is -2.27. The number of hydrogen-bond donors (Lipinski definition) is 0. The first kappa shape index (κ1) is 20.5. The highest BCUT2D eigenvalue weighted by Gasteiger charge is 2.38. The lowest BCUT2D eigenvalue weighted by molar-refractivity contribution is -0.159. The third-order valence-corrected chi connectivity index (χ3v) is 5.91. The van der Waals surface area contributed by atoms with Crippen LogP contribution in [0.3, 0.4) is 0 Å². The molecule has 0 saturated carbocycles. The third-order valence-electron chi connectivity index (χ3n) is 3.65. The monoisotopic (exact) mass is 477 g/mol. The molecule has 0 spiro atoms. The number of nitrogens with zero attached hydrogens (tertiary/aromatic N) is 3. The van der Waals surface area contributed by atoms with Gasteiger partial charge in [-0.3, -0.25) is 0 Å². The second kappa shape index (κ2) is 7.63. The molecule has 0 aliphatic heterocycles. The maximum atomic E-state index is 14.1. The van der Waals surface area contributed by atoms with Gasteiger partial charge >= 0.3 is 12.1 Å². The van der Waals surface area contributed by atoms with Crippen molar-refractivity contribution >= 4 is 25.7 Å². The van der Waals surface area contributed by atoms with Gasteiger partial charge in [0.05, 0.1) is 21.2 Å². The van der Waals surface area contributed by atoms with Crippen LogP contribution >= 0.6 is 15.9 Å². The lowest BCUT2D eigenvalue weighted by Gasteiger charge is -2.07. The second-order valence-corrected chi connectivity index (χ2v) is 9.00. The summed E-state index contributed by atoms with van der Waals surface area (Å²) in [6, 6.07) is 10.4. The van der Waals surface area contributed by atoms with Gasteiger partial charge in [-0.2, -0.15) is 18.2 Å². The summed E-state index contributed by atoms with van der Waals surface area (Å²) in [5.41, 5.74) is 0.826. The Morgan fingerprint density at radius 1 is 1.21 bits per heavy atom. The number of hydrogen-bond acceptors (Lipinski definition) is 5. The molecule has 148 valence electrons. The van der Waals surface area contributed by atoms with Crippen molar-refractivity contribution < 1.29 is 26.3 Å². The van der Waals surface area contributed by atoms with Gasteiger partial charge < -0.3 is 4.52 Å². The highest BCUT2D eigenvalue weighted by molar-refractivity contribution is 9.10. The normalized spacial score (nSPS) is 13.9. The molecule has 0 saturated heterocycles. The Bertz CT molecular complexity index is 1140. The largest absolute Gasteiger partial charge is 0.471 e. The number of rotatable bonds is 4. The number of alkyl halides is 3. The molecule has 2 aromatic carbocycles. The molecule has 28 heavy (non-hydrogen) atoms. The smallest absolute Gasteiger partial charge is 0.329 e. The minimum absolute atomic E-state index is 0.0279.